The molecular formula is C17H26N2O3S. The highest BCUT2D eigenvalue weighted by atomic mass is 32.1. The number of hydrogen-bond donors (Lipinski definition) is 2. The average molecular weight is 338 g/mol. The molecule has 0 aromatic carbocycles. The standard InChI is InChI=1S/C17H26N2O3S/c1-19(12-13-6-2-3-7-14(13)20)16(21)9-4-10-18-17(22)15-8-5-11-23-15/h5,8,11,13-14,20H,2-4,6-7,9-10,12H2,1H3,(H,18,22). The molecule has 2 unspecified atom stereocenters. The zero-order valence-corrected chi connectivity index (χ0v) is 14.5. The number of hydrogen-bond acceptors (Lipinski definition) is 4. The largest absolute Gasteiger partial charge is 0.393 e. The molecule has 128 valence electrons. The van der Waals surface area contributed by atoms with E-state index < -0.39 is 0 Å². The first kappa shape index (κ1) is 17.9. The Kier molecular flexibility index (Phi) is 7.05. The van der Waals surface area contributed by atoms with Gasteiger partial charge in [0.25, 0.3) is 5.91 Å². The van der Waals surface area contributed by atoms with Gasteiger partial charge in [-0.15, -0.1) is 11.3 Å². The van der Waals surface area contributed by atoms with Gasteiger partial charge in [0.05, 0.1) is 11.0 Å². The third-order valence-corrected chi connectivity index (χ3v) is 5.27. The van der Waals surface area contributed by atoms with Crippen LogP contribution in [0.25, 0.3) is 0 Å². The Labute approximate surface area is 141 Å². The van der Waals surface area contributed by atoms with Crippen LogP contribution in [0.3, 0.4) is 0 Å². The summed E-state index contributed by atoms with van der Waals surface area (Å²) in [6.07, 6.45) is 4.84. The molecule has 1 fully saturated rings. The van der Waals surface area contributed by atoms with E-state index in [1.54, 1.807) is 18.0 Å². The quantitative estimate of drug-likeness (QED) is 0.749. The van der Waals surface area contributed by atoms with E-state index in [1.165, 1.54) is 11.3 Å². The van der Waals surface area contributed by atoms with Crippen molar-refractivity contribution in [2.45, 2.75) is 44.6 Å². The number of nitrogens with zero attached hydrogens (tertiary/aromatic N) is 1. The van der Waals surface area contributed by atoms with Crippen LogP contribution in [0.1, 0.15) is 48.2 Å². The van der Waals surface area contributed by atoms with Gasteiger partial charge in [-0.05, 0) is 30.7 Å². The summed E-state index contributed by atoms with van der Waals surface area (Å²) in [5, 5.41) is 14.7. The zero-order chi connectivity index (χ0) is 16.7. The van der Waals surface area contributed by atoms with Crippen LogP contribution in [0, 0.1) is 5.92 Å². The molecule has 2 rings (SSSR count). The molecule has 1 aromatic heterocycles. The number of aliphatic hydroxyl groups excluding tert-OH is 1. The van der Waals surface area contributed by atoms with Crippen LogP contribution >= 0.6 is 11.3 Å². The second-order valence-electron chi connectivity index (χ2n) is 6.22. The Morgan fingerprint density at radius 2 is 2.17 bits per heavy atom. The van der Waals surface area contributed by atoms with Crippen molar-refractivity contribution >= 4 is 23.2 Å². The molecule has 23 heavy (non-hydrogen) atoms. The molecule has 0 spiro atoms. The number of aliphatic hydroxyl groups is 1. The molecule has 2 N–H and O–H groups in total. The smallest absolute Gasteiger partial charge is 0.261 e. The Balaban J connectivity index is 1.63. The molecular weight excluding hydrogens is 312 g/mol. The average Bonchev–Trinajstić information content (AvgIpc) is 3.07. The fourth-order valence-electron chi connectivity index (χ4n) is 2.98. The summed E-state index contributed by atoms with van der Waals surface area (Å²) in [5.41, 5.74) is 0. The highest BCUT2D eigenvalue weighted by Gasteiger charge is 2.25. The van der Waals surface area contributed by atoms with Gasteiger partial charge in [0, 0.05) is 32.5 Å². The fraction of sp³-hybridized carbons (Fsp3) is 0.647. The van der Waals surface area contributed by atoms with Gasteiger partial charge in [-0.25, -0.2) is 0 Å². The second kappa shape index (κ2) is 9.03. The van der Waals surface area contributed by atoms with Crippen molar-refractivity contribution < 1.29 is 14.7 Å². The summed E-state index contributed by atoms with van der Waals surface area (Å²) in [5.74, 6) is 0.204. The highest BCUT2D eigenvalue weighted by molar-refractivity contribution is 7.12. The SMILES string of the molecule is CN(CC1CCCCC1O)C(=O)CCCNC(=O)c1cccs1. The second-order valence-corrected chi connectivity index (χ2v) is 7.17. The molecule has 5 nitrogen and oxygen atoms in total. The van der Waals surface area contributed by atoms with Gasteiger partial charge >= 0.3 is 0 Å². The molecule has 0 bridgehead atoms. The summed E-state index contributed by atoms with van der Waals surface area (Å²) >= 11 is 1.41. The molecule has 1 aliphatic carbocycles. The molecule has 0 saturated heterocycles. The van der Waals surface area contributed by atoms with Crippen molar-refractivity contribution in [2.24, 2.45) is 5.92 Å². The molecule has 1 aromatic rings. The van der Waals surface area contributed by atoms with Gasteiger partial charge in [0.15, 0.2) is 0 Å². The van der Waals surface area contributed by atoms with Crippen molar-refractivity contribution in [3.05, 3.63) is 22.4 Å². The number of rotatable bonds is 7. The van der Waals surface area contributed by atoms with Crippen molar-refractivity contribution in [2.75, 3.05) is 20.1 Å². The number of carbonyl (C=O) groups is 2. The molecule has 1 saturated carbocycles. The predicted octanol–water partition coefficient (Wildman–Crippen LogP) is 2.27. The monoisotopic (exact) mass is 338 g/mol. The van der Waals surface area contributed by atoms with E-state index in [2.05, 4.69) is 5.32 Å². The number of nitrogens with one attached hydrogen (secondary N) is 1. The normalized spacial score (nSPS) is 21.0. The Morgan fingerprint density at radius 1 is 1.39 bits per heavy atom. The first-order valence-electron chi connectivity index (χ1n) is 8.31. The molecule has 0 aliphatic heterocycles. The Hall–Kier alpha value is -1.40. The third kappa shape index (κ3) is 5.62. The van der Waals surface area contributed by atoms with Gasteiger partial charge in [-0.3, -0.25) is 9.59 Å². The summed E-state index contributed by atoms with van der Waals surface area (Å²) in [6.45, 7) is 1.13. The molecule has 6 heteroatoms. The first-order chi connectivity index (χ1) is 11.1. The van der Waals surface area contributed by atoms with E-state index in [0.717, 1.165) is 25.7 Å². The summed E-state index contributed by atoms with van der Waals surface area (Å²) < 4.78 is 0. The van der Waals surface area contributed by atoms with Gasteiger partial charge < -0.3 is 15.3 Å². The van der Waals surface area contributed by atoms with Gasteiger partial charge in [0.2, 0.25) is 5.91 Å². The topological polar surface area (TPSA) is 69.6 Å². The lowest BCUT2D eigenvalue weighted by atomic mass is 9.86. The van der Waals surface area contributed by atoms with Gasteiger partial charge in [0.1, 0.15) is 0 Å². The van der Waals surface area contributed by atoms with Crippen LogP contribution in [0.15, 0.2) is 17.5 Å². The minimum absolute atomic E-state index is 0.0770. The Morgan fingerprint density at radius 3 is 2.87 bits per heavy atom. The van der Waals surface area contributed by atoms with Gasteiger partial charge in [-0.1, -0.05) is 18.9 Å². The predicted molar refractivity (Wildman–Crippen MR) is 91.5 cm³/mol. The highest BCUT2D eigenvalue weighted by Crippen LogP contribution is 2.25. The van der Waals surface area contributed by atoms with Crippen molar-refractivity contribution in [3.63, 3.8) is 0 Å². The first-order valence-corrected chi connectivity index (χ1v) is 9.19. The lowest BCUT2D eigenvalue weighted by molar-refractivity contribution is -0.131. The van der Waals surface area contributed by atoms with Gasteiger partial charge in [-0.2, -0.15) is 0 Å². The lowest BCUT2D eigenvalue weighted by Crippen LogP contribution is -2.38. The van der Waals surface area contributed by atoms with Crippen LogP contribution in [-0.2, 0) is 4.79 Å². The third-order valence-electron chi connectivity index (χ3n) is 4.40. The maximum atomic E-state index is 12.1. The van der Waals surface area contributed by atoms with Crippen molar-refractivity contribution in [1.29, 1.82) is 0 Å². The maximum Gasteiger partial charge on any atom is 0.261 e. The lowest BCUT2D eigenvalue weighted by Gasteiger charge is -2.31. The Bertz CT molecular complexity index is 504. The van der Waals surface area contributed by atoms with Crippen LogP contribution in [0.2, 0.25) is 0 Å². The van der Waals surface area contributed by atoms with Crippen molar-refractivity contribution in [1.82, 2.24) is 10.2 Å². The van der Waals surface area contributed by atoms with E-state index >= 15 is 0 Å². The molecule has 1 aliphatic rings. The molecule has 1 heterocycles. The summed E-state index contributed by atoms with van der Waals surface area (Å²) in [4.78, 5) is 26.3. The van der Waals surface area contributed by atoms with E-state index in [0.29, 0.717) is 30.8 Å². The van der Waals surface area contributed by atoms with E-state index in [1.807, 2.05) is 11.4 Å². The summed E-state index contributed by atoms with van der Waals surface area (Å²) in [6, 6.07) is 3.63. The molecule has 0 radical (unpaired) electrons. The minimum Gasteiger partial charge on any atom is -0.393 e. The number of amides is 2. The van der Waals surface area contributed by atoms with Crippen LogP contribution in [0.4, 0.5) is 0 Å². The minimum atomic E-state index is -0.274. The van der Waals surface area contributed by atoms with Crippen LogP contribution in [-0.4, -0.2) is 48.1 Å². The number of carbonyl (C=O) groups excluding carboxylic acids is 2. The van der Waals surface area contributed by atoms with Crippen LogP contribution in [0.5, 0.6) is 0 Å². The maximum absolute atomic E-state index is 12.1. The van der Waals surface area contributed by atoms with E-state index in [-0.39, 0.29) is 23.8 Å². The van der Waals surface area contributed by atoms with Crippen LogP contribution < -0.4 is 5.32 Å². The zero-order valence-electron chi connectivity index (χ0n) is 13.7. The summed E-state index contributed by atoms with van der Waals surface area (Å²) in [7, 11) is 1.80. The van der Waals surface area contributed by atoms with E-state index in [9.17, 15) is 14.7 Å². The fourth-order valence-corrected chi connectivity index (χ4v) is 3.62. The van der Waals surface area contributed by atoms with E-state index in [4.69, 9.17) is 0 Å². The van der Waals surface area contributed by atoms with Crippen molar-refractivity contribution in [3.8, 4) is 0 Å². The number of thiophene rings is 1. The molecule has 2 atom stereocenters. The molecule has 2 amide bonds.